The van der Waals surface area contributed by atoms with Crippen LogP contribution in [-0.4, -0.2) is 54.1 Å². The summed E-state index contributed by atoms with van der Waals surface area (Å²) in [6, 6.07) is 17.1. The molecule has 0 aliphatic heterocycles. The van der Waals surface area contributed by atoms with Gasteiger partial charge in [-0.25, -0.2) is 9.48 Å². The lowest BCUT2D eigenvalue weighted by Gasteiger charge is -2.24. The molecule has 0 saturated carbocycles. The predicted molar refractivity (Wildman–Crippen MR) is 132 cm³/mol. The van der Waals surface area contributed by atoms with Crippen molar-refractivity contribution in [2.24, 2.45) is 0 Å². The van der Waals surface area contributed by atoms with Gasteiger partial charge < -0.3 is 24.4 Å². The van der Waals surface area contributed by atoms with Crippen molar-refractivity contribution in [1.29, 1.82) is 0 Å². The molecule has 0 fully saturated rings. The van der Waals surface area contributed by atoms with Crippen LogP contribution in [0.15, 0.2) is 54.6 Å². The first-order valence-corrected chi connectivity index (χ1v) is 11.5. The number of hydrogen-bond donors (Lipinski definition) is 1. The first-order valence-electron chi connectivity index (χ1n) is 11.5. The lowest BCUT2D eigenvalue weighted by Crippen LogP contribution is -2.44. The van der Waals surface area contributed by atoms with Gasteiger partial charge in [-0.1, -0.05) is 31.2 Å². The number of ether oxygens (including phenoxy) is 3. The molecule has 0 unspecified atom stereocenters. The third-order valence-electron chi connectivity index (χ3n) is 5.22. The number of rotatable bonds is 11. The van der Waals surface area contributed by atoms with E-state index in [1.165, 1.54) is 0 Å². The van der Waals surface area contributed by atoms with Crippen LogP contribution in [0.25, 0.3) is 5.69 Å². The van der Waals surface area contributed by atoms with E-state index in [1.54, 1.807) is 23.8 Å². The van der Waals surface area contributed by atoms with Crippen LogP contribution in [0, 0.1) is 0 Å². The van der Waals surface area contributed by atoms with Crippen LogP contribution >= 0.6 is 0 Å². The normalized spacial score (nSPS) is 10.9. The maximum atomic E-state index is 13.0. The van der Waals surface area contributed by atoms with Crippen molar-refractivity contribution in [3.05, 3.63) is 65.9 Å². The summed E-state index contributed by atoms with van der Waals surface area (Å²) in [7, 11) is 3.25. The van der Waals surface area contributed by atoms with Crippen molar-refractivity contribution >= 4 is 6.03 Å². The van der Waals surface area contributed by atoms with E-state index in [9.17, 15) is 4.79 Å². The fourth-order valence-corrected chi connectivity index (χ4v) is 3.53. The zero-order valence-electron chi connectivity index (χ0n) is 20.6. The van der Waals surface area contributed by atoms with E-state index in [0.29, 0.717) is 43.5 Å². The fourth-order valence-electron chi connectivity index (χ4n) is 3.53. The smallest absolute Gasteiger partial charge is 0.317 e. The summed E-state index contributed by atoms with van der Waals surface area (Å²) in [6.45, 7) is 7.11. The van der Waals surface area contributed by atoms with Crippen molar-refractivity contribution in [1.82, 2.24) is 20.0 Å². The molecule has 0 aliphatic carbocycles. The maximum Gasteiger partial charge on any atom is 0.317 e. The van der Waals surface area contributed by atoms with Gasteiger partial charge in [0.1, 0.15) is 11.5 Å². The van der Waals surface area contributed by atoms with Gasteiger partial charge in [-0.2, -0.15) is 5.10 Å². The molecule has 1 aromatic heterocycles. The summed E-state index contributed by atoms with van der Waals surface area (Å²) in [5, 5.41) is 7.84. The van der Waals surface area contributed by atoms with Crippen molar-refractivity contribution in [2.75, 3.05) is 27.4 Å². The Morgan fingerprint density at radius 3 is 2.47 bits per heavy atom. The van der Waals surface area contributed by atoms with E-state index in [-0.39, 0.29) is 12.1 Å². The Balaban J connectivity index is 2.08. The lowest BCUT2D eigenvalue weighted by molar-refractivity contribution is 0.145. The maximum absolute atomic E-state index is 13.0. The number of carbonyl (C=O) groups excluding carboxylic acids is 1. The summed E-state index contributed by atoms with van der Waals surface area (Å²) in [6.07, 6.45) is 0.688. The van der Waals surface area contributed by atoms with Gasteiger partial charge in [0.25, 0.3) is 0 Å². The van der Waals surface area contributed by atoms with Gasteiger partial charge in [0.2, 0.25) is 5.88 Å². The number of para-hydroxylation sites is 1. The first kappa shape index (κ1) is 25.1. The molecule has 8 heteroatoms. The number of aryl methyl sites for hydroxylation is 1. The molecule has 0 aliphatic rings. The number of methoxy groups -OCH3 is 2. The molecule has 3 rings (SSSR count). The molecule has 1 heterocycles. The van der Waals surface area contributed by atoms with Crippen molar-refractivity contribution in [3.63, 3.8) is 0 Å². The SMILES string of the molecule is CCc1nn(-c2ccccc2)c(Oc2cccc(OC)c2)c1CN(CCOC)C(=O)NC(C)C. The van der Waals surface area contributed by atoms with Gasteiger partial charge in [0.15, 0.2) is 0 Å². The van der Waals surface area contributed by atoms with E-state index < -0.39 is 0 Å². The first-order chi connectivity index (χ1) is 16.5. The van der Waals surface area contributed by atoms with Gasteiger partial charge in [-0.15, -0.1) is 0 Å². The molecule has 1 N–H and O–H groups in total. The Labute approximate surface area is 201 Å². The summed E-state index contributed by atoms with van der Waals surface area (Å²) < 4.78 is 18.8. The zero-order valence-corrected chi connectivity index (χ0v) is 20.6. The molecule has 34 heavy (non-hydrogen) atoms. The topological polar surface area (TPSA) is 77.8 Å². The molecular weight excluding hydrogens is 432 g/mol. The number of benzene rings is 2. The number of carbonyl (C=O) groups is 1. The quantitative estimate of drug-likeness (QED) is 0.439. The Kier molecular flexibility index (Phi) is 8.93. The van der Waals surface area contributed by atoms with Gasteiger partial charge in [0, 0.05) is 25.8 Å². The monoisotopic (exact) mass is 466 g/mol. The Bertz CT molecular complexity index is 1070. The standard InChI is InChI=1S/C26H34N4O4/c1-6-24-23(18-29(15-16-32-4)26(31)27-19(2)3)25(30(28-24)20-11-8-7-9-12-20)34-22-14-10-13-21(17-22)33-5/h7-14,17,19H,6,15-16,18H2,1-5H3,(H,27,31). The number of amides is 2. The number of urea groups is 1. The number of aromatic nitrogens is 2. The summed E-state index contributed by atoms with van der Waals surface area (Å²) in [5.74, 6) is 1.88. The average Bonchev–Trinajstić information content (AvgIpc) is 3.18. The molecule has 8 nitrogen and oxygen atoms in total. The second-order valence-electron chi connectivity index (χ2n) is 8.13. The van der Waals surface area contributed by atoms with E-state index in [0.717, 1.165) is 16.9 Å². The Hall–Kier alpha value is -3.52. The molecule has 0 saturated heterocycles. The average molecular weight is 467 g/mol. The van der Waals surface area contributed by atoms with Crippen LogP contribution in [0.3, 0.4) is 0 Å². The molecule has 3 aromatic rings. The third kappa shape index (κ3) is 6.29. The number of nitrogens with zero attached hydrogens (tertiary/aromatic N) is 3. The van der Waals surface area contributed by atoms with E-state index in [2.05, 4.69) is 5.32 Å². The van der Waals surface area contributed by atoms with E-state index >= 15 is 0 Å². The number of nitrogens with one attached hydrogen (secondary N) is 1. The lowest BCUT2D eigenvalue weighted by atomic mass is 10.2. The van der Waals surface area contributed by atoms with Crippen LogP contribution < -0.4 is 14.8 Å². The van der Waals surface area contributed by atoms with Gasteiger partial charge in [-0.05, 0) is 44.5 Å². The minimum absolute atomic E-state index is 0.0164. The highest BCUT2D eigenvalue weighted by Gasteiger charge is 2.25. The highest BCUT2D eigenvalue weighted by atomic mass is 16.5. The molecule has 0 spiro atoms. The minimum atomic E-state index is -0.158. The molecule has 2 aromatic carbocycles. The summed E-state index contributed by atoms with van der Waals surface area (Å²) >= 11 is 0. The van der Waals surface area contributed by atoms with Crippen LogP contribution in [0.2, 0.25) is 0 Å². The summed E-state index contributed by atoms with van der Waals surface area (Å²) in [4.78, 5) is 14.7. The van der Waals surface area contributed by atoms with Gasteiger partial charge in [0.05, 0.1) is 37.2 Å². The van der Waals surface area contributed by atoms with Crippen molar-refractivity contribution in [3.8, 4) is 23.1 Å². The van der Waals surface area contributed by atoms with Gasteiger partial charge >= 0.3 is 6.03 Å². The summed E-state index contributed by atoms with van der Waals surface area (Å²) in [5.41, 5.74) is 2.59. The highest BCUT2D eigenvalue weighted by Crippen LogP contribution is 2.33. The Morgan fingerprint density at radius 1 is 1.09 bits per heavy atom. The molecular formula is C26H34N4O4. The molecule has 182 valence electrons. The van der Waals surface area contributed by atoms with Crippen molar-refractivity contribution in [2.45, 2.75) is 39.8 Å². The molecule has 0 atom stereocenters. The Morgan fingerprint density at radius 2 is 1.82 bits per heavy atom. The van der Waals surface area contributed by atoms with Crippen LogP contribution in [-0.2, 0) is 17.7 Å². The number of hydrogen-bond acceptors (Lipinski definition) is 5. The second-order valence-corrected chi connectivity index (χ2v) is 8.13. The largest absolute Gasteiger partial charge is 0.497 e. The van der Waals surface area contributed by atoms with Crippen LogP contribution in [0.5, 0.6) is 17.4 Å². The van der Waals surface area contributed by atoms with Crippen molar-refractivity contribution < 1.29 is 19.0 Å². The predicted octanol–water partition coefficient (Wildman–Crippen LogP) is 4.80. The van der Waals surface area contributed by atoms with Gasteiger partial charge in [-0.3, -0.25) is 0 Å². The van der Waals surface area contributed by atoms with E-state index in [4.69, 9.17) is 19.3 Å². The third-order valence-corrected chi connectivity index (χ3v) is 5.22. The molecule has 2 amide bonds. The molecule has 0 radical (unpaired) electrons. The highest BCUT2D eigenvalue weighted by molar-refractivity contribution is 5.74. The zero-order chi connectivity index (χ0) is 24.5. The fraction of sp³-hybridized carbons (Fsp3) is 0.385. The second kappa shape index (κ2) is 12.1. The van der Waals surface area contributed by atoms with Crippen LogP contribution in [0.1, 0.15) is 32.0 Å². The molecule has 0 bridgehead atoms. The van der Waals surface area contributed by atoms with E-state index in [1.807, 2.05) is 75.4 Å². The minimum Gasteiger partial charge on any atom is -0.497 e. The van der Waals surface area contributed by atoms with Crippen LogP contribution in [0.4, 0.5) is 4.79 Å².